The lowest BCUT2D eigenvalue weighted by Gasteiger charge is -2.14. The van der Waals surface area contributed by atoms with Crippen LogP contribution >= 0.6 is 0 Å². The zero-order valence-electron chi connectivity index (χ0n) is 12.8. The number of phenols is 1. The van der Waals surface area contributed by atoms with Crippen LogP contribution < -0.4 is 11.1 Å². The van der Waals surface area contributed by atoms with E-state index in [2.05, 4.69) is 10.3 Å². The molecule has 5 nitrogen and oxygen atoms in total. The normalized spacial score (nSPS) is 11.9. The minimum Gasteiger partial charge on any atom is -0.506 e. The highest BCUT2D eigenvalue weighted by Crippen LogP contribution is 2.21. The summed E-state index contributed by atoms with van der Waals surface area (Å²) in [6.45, 7) is 3.90. The number of phenolic OH excluding ortho intramolecular Hbond substituents is 1. The molecule has 0 spiro atoms. The second-order valence-electron chi connectivity index (χ2n) is 5.44. The van der Waals surface area contributed by atoms with E-state index in [-0.39, 0.29) is 17.7 Å². The summed E-state index contributed by atoms with van der Waals surface area (Å²) in [5.41, 5.74) is 8.73. The Kier molecular flexibility index (Phi) is 4.99. The summed E-state index contributed by atoms with van der Waals surface area (Å²) < 4.78 is 0. The van der Waals surface area contributed by atoms with Gasteiger partial charge in [-0.05, 0) is 55.7 Å². The fourth-order valence-electron chi connectivity index (χ4n) is 2.19. The number of aromatic hydroxyl groups is 1. The van der Waals surface area contributed by atoms with E-state index in [1.165, 1.54) is 0 Å². The van der Waals surface area contributed by atoms with Gasteiger partial charge in [-0.1, -0.05) is 6.07 Å². The lowest BCUT2D eigenvalue weighted by Crippen LogP contribution is -2.27. The molecule has 0 fully saturated rings. The number of hydrogen-bond acceptors (Lipinski definition) is 4. The molecule has 1 amide bonds. The van der Waals surface area contributed by atoms with Gasteiger partial charge in [-0.3, -0.25) is 9.78 Å². The Hall–Kier alpha value is -2.56. The minimum atomic E-state index is -0.132. The third kappa shape index (κ3) is 4.22. The van der Waals surface area contributed by atoms with Crippen LogP contribution in [-0.4, -0.2) is 16.0 Å². The first-order chi connectivity index (χ1) is 10.5. The lowest BCUT2D eigenvalue weighted by molar-refractivity contribution is -0.121. The molecule has 2 aromatic rings. The molecule has 0 radical (unpaired) electrons. The molecule has 1 unspecified atom stereocenters. The molecule has 2 rings (SSSR count). The van der Waals surface area contributed by atoms with Crippen molar-refractivity contribution in [2.75, 3.05) is 5.73 Å². The fourth-order valence-corrected chi connectivity index (χ4v) is 2.19. The van der Waals surface area contributed by atoms with Crippen LogP contribution in [0.5, 0.6) is 5.75 Å². The molecule has 0 saturated carbocycles. The van der Waals surface area contributed by atoms with E-state index in [0.29, 0.717) is 18.5 Å². The molecule has 4 N–H and O–H groups in total. The Labute approximate surface area is 130 Å². The van der Waals surface area contributed by atoms with E-state index < -0.39 is 0 Å². The van der Waals surface area contributed by atoms with Crippen LogP contribution in [0.25, 0.3) is 0 Å². The van der Waals surface area contributed by atoms with E-state index in [1.54, 1.807) is 18.3 Å². The number of rotatable bonds is 5. The highest BCUT2D eigenvalue weighted by Gasteiger charge is 2.11. The van der Waals surface area contributed by atoms with Crippen molar-refractivity contribution in [1.82, 2.24) is 10.3 Å². The first-order valence-electron chi connectivity index (χ1n) is 7.25. The Morgan fingerprint density at radius 3 is 2.82 bits per heavy atom. The number of carbonyl (C=O) groups excluding carboxylic acids is 1. The maximum absolute atomic E-state index is 12.0. The second kappa shape index (κ2) is 6.93. The molecule has 116 valence electrons. The zero-order chi connectivity index (χ0) is 16.1. The van der Waals surface area contributed by atoms with Gasteiger partial charge >= 0.3 is 0 Å². The van der Waals surface area contributed by atoms with E-state index in [1.807, 2.05) is 32.0 Å². The van der Waals surface area contributed by atoms with Crippen LogP contribution in [-0.2, 0) is 11.2 Å². The molecular formula is C17H21N3O2. The van der Waals surface area contributed by atoms with Gasteiger partial charge in [-0.2, -0.15) is 0 Å². The van der Waals surface area contributed by atoms with Crippen molar-refractivity contribution in [3.8, 4) is 5.75 Å². The predicted molar refractivity (Wildman–Crippen MR) is 86.4 cm³/mol. The number of nitrogen functional groups attached to an aromatic ring is 1. The maximum Gasteiger partial charge on any atom is 0.220 e. The number of amides is 1. The molecule has 1 aromatic carbocycles. The van der Waals surface area contributed by atoms with Gasteiger partial charge in [-0.15, -0.1) is 0 Å². The summed E-state index contributed by atoms with van der Waals surface area (Å²) in [6, 6.07) is 8.80. The minimum absolute atomic E-state index is 0.0490. The average Bonchev–Trinajstić information content (AvgIpc) is 2.48. The Morgan fingerprint density at radius 1 is 1.36 bits per heavy atom. The van der Waals surface area contributed by atoms with Gasteiger partial charge in [0.25, 0.3) is 0 Å². The first-order valence-corrected chi connectivity index (χ1v) is 7.25. The van der Waals surface area contributed by atoms with Crippen molar-refractivity contribution in [2.45, 2.75) is 32.7 Å². The van der Waals surface area contributed by atoms with Gasteiger partial charge in [0.15, 0.2) is 0 Å². The van der Waals surface area contributed by atoms with Crippen LogP contribution in [0, 0.1) is 6.92 Å². The number of aromatic nitrogens is 1. The van der Waals surface area contributed by atoms with Crippen LogP contribution in [0.15, 0.2) is 36.5 Å². The van der Waals surface area contributed by atoms with Crippen molar-refractivity contribution < 1.29 is 9.90 Å². The quantitative estimate of drug-likeness (QED) is 0.584. The van der Waals surface area contributed by atoms with Crippen molar-refractivity contribution in [1.29, 1.82) is 0 Å². The van der Waals surface area contributed by atoms with Crippen molar-refractivity contribution >= 4 is 11.6 Å². The Balaban J connectivity index is 1.88. The van der Waals surface area contributed by atoms with E-state index >= 15 is 0 Å². The third-order valence-corrected chi connectivity index (χ3v) is 3.49. The lowest BCUT2D eigenvalue weighted by atomic mass is 10.1. The summed E-state index contributed by atoms with van der Waals surface area (Å²) >= 11 is 0. The van der Waals surface area contributed by atoms with E-state index in [0.717, 1.165) is 16.8 Å². The number of nitrogens with zero attached hydrogens (tertiary/aromatic N) is 1. The van der Waals surface area contributed by atoms with E-state index in [4.69, 9.17) is 5.73 Å². The number of carbonyl (C=O) groups is 1. The number of anilines is 1. The standard InChI is InChI=1S/C17H21N3O2/c1-11-7-8-19-15(9-11)12(2)20-17(22)6-4-13-3-5-14(18)16(21)10-13/h3,5,7-10,12,21H,4,6,18H2,1-2H3,(H,20,22). The molecule has 1 aromatic heterocycles. The number of benzene rings is 1. The number of hydrogen-bond donors (Lipinski definition) is 3. The van der Waals surface area contributed by atoms with Crippen LogP contribution in [0.4, 0.5) is 5.69 Å². The number of nitrogens with two attached hydrogens (primary N) is 1. The van der Waals surface area contributed by atoms with E-state index in [9.17, 15) is 9.90 Å². The van der Waals surface area contributed by atoms with Gasteiger partial charge in [0, 0.05) is 12.6 Å². The van der Waals surface area contributed by atoms with Crippen molar-refractivity contribution in [3.05, 3.63) is 53.3 Å². The predicted octanol–water partition coefficient (Wildman–Crippen LogP) is 2.49. The maximum atomic E-state index is 12.0. The molecule has 1 atom stereocenters. The zero-order valence-corrected chi connectivity index (χ0v) is 12.8. The van der Waals surface area contributed by atoms with Gasteiger partial charge in [-0.25, -0.2) is 0 Å². The van der Waals surface area contributed by atoms with Gasteiger partial charge < -0.3 is 16.2 Å². The molecular weight excluding hydrogens is 278 g/mol. The molecule has 5 heteroatoms. The third-order valence-electron chi connectivity index (χ3n) is 3.49. The molecule has 1 heterocycles. The van der Waals surface area contributed by atoms with Crippen LogP contribution in [0.2, 0.25) is 0 Å². The van der Waals surface area contributed by atoms with Crippen molar-refractivity contribution in [3.63, 3.8) is 0 Å². The summed E-state index contributed by atoms with van der Waals surface area (Å²) in [4.78, 5) is 16.3. The number of pyridine rings is 1. The smallest absolute Gasteiger partial charge is 0.220 e. The first kappa shape index (κ1) is 15.8. The van der Waals surface area contributed by atoms with Crippen molar-refractivity contribution in [2.24, 2.45) is 0 Å². The van der Waals surface area contributed by atoms with Crippen LogP contribution in [0.3, 0.4) is 0 Å². The highest BCUT2D eigenvalue weighted by atomic mass is 16.3. The van der Waals surface area contributed by atoms with Gasteiger partial charge in [0.05, 0.1) is 17.4 Å². The number of nitrogens with one attached hydrogen (secondary N) is 1. The second-order valence-corrected chi connectivity index (χ2v) is 5.44. The fraction of sp³-hybridized carbons (Fsp3) is 0.294. The highest BCUT2D eigenvalue weighted by molar-refractivity contribution is 5.76. The summed E-state index contributed by atoms with van der Waals surface area (Å²) in [6.07, 6.45) is 2.64. The Bertz CT molecular complexity index is 671. The molecule has 0 saturated heterocycles. The van der Waals surface area contributed by atoms with Crippen LogP contribution in [0.1, 0.15) is 36.2 Å². The SMILES string of the molecule is Cc1ccnc(C(C)NC(=O)CCc2ccc(N)c(O)c2)c1. The monoisotopic (exact) mass is 299 g/mol. The largest absolute Gasteiger partial charge is 0.506 e. The molecule has 0 bridgehead atoms. The molecule has 0 aliphatic carbocycles. The average molecular weight is 299 g/mol. The van der Waals surface area contributed by atoms with Gasteiger partial charge in [0.2, 0.25) is 5.91 Å². The molecule has 0 aliphatic rings. The number of aryl methyl sites for hydroxylation is 2. The van der Waals surface area contributed by atoms with Gasteiger partial charge in [0.1, 0.15) is 5.75 Å². The topological polar surface area (TPSA) is 88.2 Å². The summed E-state index contributed by atoms with van der Waals surface area (Å²) in [7, 11) is 0. The summed E-state index contributed by atoms with van der Waals surface area (Å²) in [5, 5.41) is 12.5. The Morgan fingerprint density at radius 2 is 2.14 bits per heavy atom. The molecule has 22 heavy (non-hydrogen) atoms. The summed E-state index contributed by atoms with van der Waals surface area (Å²) in [5.74, 6) is 0.00218. The molecule has 0 aliphatic heterocycles.